The molecule has 2 heterocycles. The second-order valence-electron chi connectivity index (χ2n) is 9.73. The van der Waals surface area contributed by atoms with E-state index in [2.05, 4.69) is 26.1 Å². The Kier molecular flexibility index (Phi) is 9.47. The SMILES string of the molecule is CC.Cn1cnc(-c2ccc(C3CC(Br)=NO3)cc2N(Cc2ccc(C(F)(F)F)cc2)C(=O)OC(C)(C)C)c1. The monoisotopic (exact) mass is 608 g/mol. The van der Waals surface area contributed by atoms with E-state index in [1.165, 1.54) is 17.0 Å². The van der Waals surface area contributed by atoms with Gasteiger partial charge in [-0.25, -0.2) is 9.78 Å². The lowest BCUT2D eigenvalue weighted by Gasteiger charge is -2.29. The van der Waals surface area contributed by atoms with Crippen LogP contribution in [0.5, 0.6) is 0 Å². The standard InChI is InChI=1S/C26H26BrF3N4O3.C2H6/c1-25(2,3)36-24(35)34(13-16-5-8-18(9-6-16)26(28,29)30)21-11-17(22-12-23(27)32-37-22)7-10-19(21)20-14-33(4)15-31-20;1-2/h5-11,14-15,22H,12-13H2,1-4H3;1-2H3. The summed E-state index contributed by atoms with van der Waals surface area (Å²) in [5.41, 5.74) is 1.46. The van der Waals surface area contributed by atoms with E-state index in [1.54, 1.807) is 31.7 Å². The number of nitrogens with zero attached hydrogens (tertiary/aromatic N) is 4. The molecule has 0 bridgehead atoms. The zero-order valence-electron chi connectivity index (χ0n) is 22.7. The number of amides is 1. The summed E-state index contributed by atoms with van der Waals surface area (Å²) in [5, 5.41) is 3.95. The summed E-state index contributed by atoms with van der Waals surface area (Å²) in [6.45, 7) is 9.22. The van der Waals surface area contributed by atoms with E-state index < -0.39 is 23.4 Å². The van der Waals surface area contributed by atoms with Crippen LogP contribution in [0.2, 0.25) is 0 Å². The Morgan fingerprint density at radius 1 is 1.15 bits per heavy atom. The molecule has 0 N–H and O–H groups in total. The average Bonchev–Trinajstić information content (AvgIpc) is 3.50. The summed E-state index contributed by atoms with van der Waals surface area (Å²) in [6.07, 6.45) is -1.49. The van der Waals surface area contributed by atoms with Crippen LogP contribution in [-0.2, 0) is 29.3 Å². The quantitative estimate of drug-likeness (QED) is 0.292. The third-order valence-electron chi connectivity index (χ3n) is 5.53. The molecule has 0 fully saturated rings. The summed E-state index contributed by atoms with van der Waals surface area (Å²) in [7, 11) is 1.83. The Bertz CT molecular complexity index is 1310. The van der Waals surface area contributed by atoms with Gasteiger partial charge in [-0.3, -0.25) is 4.90 Å². The first-order valence-electron chi connectivity index (χ1n) is 12.5. The normalized spacial score (nSPS) is 15.1. The minimum atomic E-state index is -4.46. The largest absolute Gasteiger partial charge is 0.443 e. The summed E-state index contributed by atoms with van der Waals surface area (Å²) in [4.78, 5) is 24.9. The highest BCUT2D eigenvalue weighted by molar-refractivity contribution is 9.18. The van der Waals surface area contributed by atoms with Gasteiger partial charge in [0.25, 0.3) is 0 Å². The van der Waals surface area contributed by atoms with Crippen molar-refractivity contribution in [2.24, 2.45) is 12.2 Å². The number of hydrogen-bond donors (Lipinski definition) is 0. The number of rotatable bonds is 5. The molecule has 1 amide bonds. The van der Waals surface area contributed by atoms with Gasteiger partial charge in [0.05, 0.1) is 29.8 Å². The highest BCUT2D eigenvalue weighted by atomic mass is 79.9. The maximum absolute atomic E-state index is 13.5. The number of carbonyl (C=O) groups is 1. The number of hydrogen-bond acceptors (Lipinski definition) is 5. The summed E-state index contributed by atoms with van der Waals surface area (Å²) in [5.74, 6) is 0. The minimum Gasteiger partial charge on any atom is -0.443 e. The van der Waals surface area contributed by atoms with Gasteiger partial charge in [0.15, 0.2) is 6.10 Å². The molecule has 0 saturated heterocycles. The predicted octanol–water partition coefficient (Wildman–Crippen LogP) is 8.24. The van der Waals surface area contributed by atoms with Crippen molar-refractivity contribution in [3.8, 4) is 11.3 Å². The van der Waals surface area contributed by atoms with Crippen molar-refractivity contribution < 1.29 is 27.5 Å². The van der Waals surface area contributed by atoms with Gasteiger partial charge in [-0.15, -0.1) is 0 Å². The van der Waals surface area contributed by atoms with Crippen molar-refractivity contribution >= 4 is 32.3 Å². The lowest BCUT2D eigenvalue weighted by molar-refractivity contribution is -0.137. The zero-order valence-corrected chi connectivity index (χ0v) is 24.3. The van der Waals surface area contributed by atoms with Gasteiger partial charge in [0.2, 0.25) is 0 Å². The molecule has 1 atom stereocenters. The molecule has 1 aliphatic heterocycles. The highest BCUT2D eigenvalue weighted by Gasteiger charge is 2.31. The predicted molar refractivity (Wildman–Crippen MR) is 149 cm³/mol. The summed E-state index contributed by atoms with van der Waals surface area (Å²) < 4.78 is 47.5. The Morgan fingerprint density at radius 3 is 2.33 bits per heavy atom. The first kappa shape index (κ1) is 30.2. The lowest BCUT2D eigenvalue weighted by Crippen LogP contribution is -2.37. The first-order valence-corrected chi connectivity index (χ1v) is 13.3. The zero-order chi connectivity index (χ0) is 29.0. The molecule has 0 radical (unpaired) electrons. The molecular weight excluding hydrogens is 577 g/mol. The molecule has 3 aromatic rings. The van der Waals surface area contributed by atoms with Gasteiger partial charge in [0, 0.05) is 25.2 Å². The Hall–Kier alpha value is -3.34. The van der Waals surface area contributed by atoms with Crippen LogP contribution in [0.4, 0.5) is 23.7 Å². The smallest absolute Gasteiger partial charge is 0.416 e. The fourth-order valence-electron chi connectivity index (χ4n) is 3.81. The Balaban J connectivity index is 0.00000205. The van der Waals surface area contributed by atoms with Gasteiger partial charge < -0.3 is 14.1 Å². The van der Waals surface area contributed by atoms with Crippen LogP contribution < -0.4 is 4.90 Å². The van der Waals surface area contributed by atoms with Crippen molar-refractivity contribution in [1.29, 1.82) is 0 Å². The third kappa shape index (κ3) is 7.84. The van der Waals surface area contributed by atoms with Crippen LogP contribution >= 0.6 is 15.9 Å². The molecule has 1 unspecified atom stereocenters. The molecule has 0 spiro atoms. The van der Waals surface area contributed by atoms with Crippen molar-refractivity contribution in [2.45, 2.75) is 65.5 Å². The third-order valence-corrected chi connectivity index (χ3v) is 6.00. The first-order chi connectivity index (χ1) is 18.3. The molecule has 4 rings (SSSR count). The van der Waals surface area contributed by atoms with Gasteiger partial charge in [0.1, 0.15) is 10.2 Å². The molecule has 210 valence electrons. The van der Waals surface area contributed by atoms with Crippen LogP contribution in [0.25, 0.3) is 11.3 Å². The lowest BCUT2D eigenvalue weighted by atomic mass is 10.0. The van der Waals surface area contributed by atoms with Crippen molar-refractivity contribution in [3.63, 3.8) is 0 Å². The summed E-state index contributed by atoms with van der Waals surface area (Å²) in [6, 6.07) is 10.2. The van der Waals surface area contributed by atoms with E-state index in [9.17, 15) is 18.0 Å². The maximum Gasteiger partial charge on any atom is 0.416 e. The number of aryl methyl sites for hydroxylation is 1. The number of aromatic nitrogens is 2. The van der Waals surface area contributed by atoms with Crippen molar-refractivity contribution in [2.75, 3.05) is 4.90 Å². The number of anilines is 1. The number of oxime groups is 1. The van der Waals surface area contributed by atoms with E-state index in [0.717, 1.165) is 17.7 Å². The number of carbonyl (C=O) groups excluding carboxylic acids is 1. The van der Waals surface area contributed by atoms with Gasteiger partial charge in [-0.05, 0) is 66.0 Å². The van der Waals surface area contributed by atoms with Gasteiger partial charge in [-0.1, -0.05) is 43.3 Å². The van der Waals surface area contributed by atoms with E-state index in [1.807, 2.05) is 45.3 Å². The summed E-state index contributed by atoms with van der Waals surface area (Å²) >= 11 is 3.35. The number of ether oxygens (including phenoxy) is 1. The van der Waals surface area contributed by atoms with E-state index in [4.69, 9.17) is 9.57 Å². The molecule has 11 heteroatoms. The topological polar surface area (TPSA) is 69.0 Å². The molecule has 39 heavy (non-hydrogen) atoms. The van der Waals surface area contributed by atoms with Gasteiger partial charge in [-0.2, -0.15) is 13.2 Å². The number of benzene rings is 2. The fourth-order valence-corrected chi connectivity index (χ4v) is 4.19. The maximum atomic E-state index is 13.5. The second-order valence-corrected chi connectivity index (χ2v) is 10.6. The molecule has 0 saturated carbocycles. The van der Waals surface area contributed by atoms with Crippen molar-refractivity contribution in [1.82, 2.24) is 9.55 Å². The average molecular weight is 609 g/mol. The van der Waals surface area contributed by atoms with Crippen LogP contribution in [-0.4, -0.2) is 25.9 Å². The molecule has 1 aromatic heterocycles. The van der Waals surface area contributed by atoms with E-state index in [0.29, 0.717) is 33.5 Å². The number of halogens is 4. The Morgan fingerprint density at radius 2 is 1.82 bits per heavy atom. The van der Waals surface area contributed by atoms with Crippen LogP contribution in [0.3, 0.4) is 0 Å². The number of alkyl halides is 3. The van der Waals surface area contributed by atoms with Crippen LogP contribution in [0.1, 0.15) is 63.8 Å². The molecule has 1 aliphatic rings. The minimum absolute atomic E-state index is 0.0257. The van der Waals surface area contributed by atoms with Gasteiger partial charge >= 0.3 is 12.3 Å². The van der Waals surface area contributed by atoms with E-state index in [-0.39, 0.29) is 12.6 Å². The molecule has 0 aliphatic carbocycles. The molecular formula is C28H32BrF3N4O3. The fraction of sp³-hybridized carbons (Fsp3) is 0.393. The van der Waals surface area contributed by atoms with E-state index >= 15 is 0 Å². The highest BCUT2D eigenvalue weighted by Crippen LogP contribution is 2.38. The second kappa shape index (κ2) is 12.2. The molecule has 7 nitrogen and oxygen atoms in total. The van der Waals surface area contributed by atoms with Crippen LogP contribution in [0.15, 0.2) is 60.1 Å². The van der Waals surface area contributed by atoms with Crippen molar-refractivity contribution in [3.05, 3.63) is 71.7 Å². The Labute approximate surface area is 234 Å². The molecule has 2 aromatic carbocycles. The van der Waals surface area contributed by atoms with Crippen LogP contribution in [0, 0.1) is 0 Å². The number of imidazole rings is 1.